The molecule has 3 N–H and O–H groups in total. The van der Waals surface area contributed by atoms with E-state index in [4.69, 9.17) is 5.11 Å². The molecular formula is C16H22N2O3. The normalized spacial score (nSPS) is 21.8. The van der Waals surface area contributed by atoms with Gasteiger partial charge < -0.3 is 15.7 Å². The van der Waals surface area contributed by atoms with Crippen LogP contribution in [0.25, 0.3) is 0 Å². The second-order valence-corrected chi connectivity index (χ2v) is 5.58. The van der Waals surface area contributed by atoms with Gasteiger partial charge in [0.15, 0.2) is 0 Å². The molecule has 1 aliphatic heterocycles. The molecule has 1 fully saturated rings. The standard InChI is InChI=1S/C16H22N2O3/c1-3-11-7-8-17-14(9-11)15(19)18-13-6-4-5-12(10(13)2)16(20)21/h4-6,11,14,17H,3,7-9H2,1-2H3,(H,18,19)(H,20,21). The predicted molar refractivity (Wildman–Crippen MR) is 81.6 cm³/mol. The molecule has 2 atom stereocenters. The minimum absolute atomic E-state index is 0.0845. The summed E-state index contributed by atoms with van der Waals surface area (Å²) in [7, 11) is 0. The predicted octanol–water partition coefficient (Wildman–Crippen LogP) is 2.41. The van der Waals surface area contributed by atoms with Crippen molar-refractivity contribution in [2.75, 3.05) is 11.9 Å². The van der Waals surface area contributed by atoms with Gasteiger partial charge in [-0.1, -0.05) is 19.4 Å². The number of benzene rings is 1. The third-order valence-corrected chi connectivity index (χ3v) is 4.23. The van der Waals surface area contributed by atoms with Crippen LogP contribution in [0.3, 0.4) is 0 Å². The number of hydrogen-bond donors (Lipinski definition) is 3. The summed E-state index contributed by atoms with van der Waals surface area (Å²) in [5.41, 5.74) is 1.37. The van der Waals surface area contributed by atoms with Gasteiger partial charge in [-0.15, -0.1) is 0 Å². The van der Waals surface area contributed by atoms with Gasteiger partial charge in [-0.3, -0.25) is 4.79 Å². The fraction of sp³-hybridized carbons (Fsp3) is 0.500. The Morgan fingerprint density at radius 3 is 2.86 bits per heavy atom. The quantitative estimate of drug-likeness (QED) is 0.795. The van der Waals surface area contributed by atoms with Crippen LogP contribution in [0.1, 0.15) is 42.1 Å². The molecule has 0 bridgehead atoms. The molecule has 0 radical (unpaired) electrons. The SMILES string of the molecule is CCC1CCNC(C(=O)Nc2cccc(C(=O)O)c2C)C1. The molecular weight excluding hydrogens is 268 g/mol. The Hall–Kier alpha value is -1.88. The summed E-state index contributed by atoms with van der Waals surface area (Å²) in [6.07, 6.45) is 3.02. The monoisotopic (exact) mass is 290 g/mol. The number of aromatic carboxylic acids is 1. The van der Waals surface area contributed by atoms with E-state index in [1.54, 1.807) is 25.1 Å². The van der Waals surface area contributed by atoms with Crippen LogP contribution in [0.5, 0.6) is 0 Å². The van der Waals surface area contributed by atoms with Crippen LogP contribution in [0.15, 0.2) is 18.2 Å². The van der Waals surface area contributed by atoms with E-state index in [9.17, 15) is 9.59 Å². The first kappa shape index (κ1) is 15.5. The van der Waals surface area contributed by atoms with Crippen molar-refractivity contribution in [3.63, 3.8) is 0 Å². The third kappa shape index (κ3) is 3.61. The van der Waals surface area contributed by atoms with Crippen molar-refractivity contribution < 1.29 is 14.7 Å². The van der Waals surface area contributed by atoms with Crippen molar-refractivity contribution in [1.82, 2.24) is 5.32 Å². The minimum Gasteiger partial charge on any atom is -0.478 e. The van der Waals surface area contributed by atoms with Crippen LogP contribution in [-0.4, -0.2) is 29.6 Å². The summed E-state index contributed by atoms with van der Waals surface area (Å²) in [6.45, 7) is 4.71. The number of amides is 1. The van der Waals surface area contributed by atoms with E-state index in [-0.39, 0.29) is 17.5 Å². The Balaban J connectivity index is 2.09. The number of carboxylic acid groups (broad SMARTS) is 1. The molecule has 0 aromatic heterocycles. The van der Waals surface area contributed by atoms with E-state index in [2.05, 4.69) is 17.6 Å². The van der Waals surface area contributed by atoms with Crippen molar-refractivity contribution in [3.05, 3.63) is 29.3 Å². The van der Waals surface area contributed by atoms with Crippen molar-refractivity contribution in [2.24, 2.45) is 5.92 Å². The molecule has 0 saturated carbocycles. The maximum absolute atomic E-state index is 12.3. The Bertz CT molecular complexity index is 542. The maximum Gasteiger partial charge on any atom is 0.336 e. The second-order valence-electron chi connectivity index (χ2n) is 5.58. The second kappa shape index (κ2) is 6.72. The van der Waals surface area contributed by atoms with Gasteiger partial charge >= 0.3 is 5.97 Å². The summed E-state index contributed by atoms with van der Waals surface area (Å²) < 4.78 is 0. The Morgan fingerprint density at radius 1 is 1.43 bits per heavy atom. The number of carboxylic acids is 1. The Kier molecular flexibility index (Phi) is 4.96. The van der Waals surface area contributed by atoms with Gasteiger partial charge in [0.1, 0.15) is 0 Å². The molecule has 1 aromatic carbocycles. The first-order valence-corrected chi connectivity index (χ1v) is 7.40. The lowest BCUT2D eigenvalue weighted by Gasteiger charge is -2.29. The average molecular weight is 290 g/mol. The van der Waals surface area contributed by atoms with Crippen molar-refractivity contribution >= 4 is 17.6 Å². The summed E-state index contributed by atoms with van der Waals surface area (Å²) in [4.78, 5) is 23.5. The lowest BCUT2D eigenvalue weighted by molar-refractivity contribution is -0.119. The largest absolute Gasteiger partial charge is 0.478 e. The van der Waals surface area contributed by atoms with E-state index < -0.39 is 5.97 Å². The Morgan fingerprint density at radius 2 is 2.19 bits per heavy atom. The van der Waals surface area contributed by atoms with Gasteiger partial charge in [-0.2, -0.15) is 0 Å². The van der Waals surface area contributed by atoms with Gasteiger partial charge in [0.25, 0.3) is 0 Å². The smallest absolute Gasteiger partial charge is 0.336 e. The van der Waals surface area contributed by atoms with Crippen LogP contribution >= 0.6 is 0 Å². The summed E-state index contributed by atoms with van der Waals surface area (Å²) in [6, 6.07) is 4.73. The highest BCUT2D eigenvalue weighted by Gasteiger charge is 2.26. The Labute approximate surface area is 124 Å². The highest BCUT2D eigenvalue weighted by atomic mass is 16.4. The molecule has 0 aliphatic carbocycles. The van der Waals surface area contributed by atoms with Crippen LogP contribution in [-0.2, 0) is 4.79 Å². The number of piperidine rings is 1. The zero-order chi connectivity index (χ0) is 15.4. The van der Waals surface area contributed by atoms with E-state index in [1.165, 1.54) is 0 Å². The van der Waals surface area contributed by atoms with E-state index >= 15 is 0 Å². The van der Waals surface area contributed by atoms with Crippen molar-refractivity contribution in [3.8, 4) is 0 Å². The van der Waals surface area contributed by atoms with Gasteiger partial charge in [0.2, 0.25) is 5.91 Å². The number of hydrogen-bond acceptors (Lipinski definition) is 3. The van der Waals surface area contributed by atoms with Gasteiger partial charge in [-0.05, 0) is 49.9 Å². The van der Waals surface area contributed by atoms with E-state index in [0.29, 0.717) is 17.2 Å². The molecule has 2 rings (SSSR count). The zero-order valence-electron chi connectivity index (χ0n) is 12.5. The molecule has 5 heteroatoms. The molecule has 2 unspecified atom stereocenters. The van der Waals surface area contributed by atoms with Gasteiger partial charge in [-0.25, -0.2) is 4.79 Å². The highest BCUT2D eigenvalue weighted by Crippen LogP contribution is 2.22. The fourth-order valence-corrected chi connectivity index (χ4v) is 2.79. The van der Waals surface area contributed by atoms with Crippen LogP contribution in [0.4, 0.5) is 5.69 Å². The maximum atomic E-state index is 12.3. The van der Waals surface area contributed by atoms with Crippen LogP contribution < -0.4 is 10.6 Å². The van der Waals surface area contributed by atoms with Crippen LogP contribution in [0, 0.1) is 12.8 Å². The molecule has 114 valence electrons. The third-order valence-electron chi connectivity index (χ3n) is 4.23. The molecule has 1 amide bonds. The van der Waals surface area contributed by atoms with Crippen LogP contribution in [0.2, 0.25) is 0 Å². The lowest BCUT2D eigenvalue weighted by Crippen LogP contribution is -2.46. The molecule has 5 nitrogen and oxygen atoms in total. The molecule has 0 spiro atoms. The summed E-state index contributed by atoms with van der Waals surface area (Å²) in [5, 5.41) is 15.2. The van der Waals surface area contributed by atoms with Crippen molar-refractivity contribution in [2.45, 2.75) is 39.2 Å². The lowest BCUT2D eigenvalue weighted by atomic mass is 9.90. The summed E-state index contributed by atoms with van der Waals surface area (Å²) >= 11 is 0. The molecule has 1 heterocycles. The number of rotatable bonds is 4. The first-order valence-electron chi connectivity index (χ1n) is 7.40. The number of carbonyl (C=O) groups excluding carboxylic acids is 1. The molecule has 1 aromatic rings. The van der Waals surface area contributed by atoms with Gasteiger partial charge in [0, 0.05) is 5.69 Å². The molecule has 1 saturated heterocycles. The van der Waals surface area contributed by atoms with E-state index in [1.807, 2.05) is 0 Å². The highest BCUT2D eigenvalue weighted by molar-refractivity contribution is 5.98. The van der Waals surface area contributed by atoms with Gasteiger partial charge in [0.05, 0.1) is 11.6 Å². The fourth-order valence-electron chi connectivity index (χ4n) is 2.79. The van der Waals surface area contributed by atoms with Crippen molar-refractivity contribution in [1.29, 1.82) is 0 Å². The molecule has 1 aliphatic rings. The zero-order valence-corrected chi connectivity index (χ0v) is 12.5. The number of anilines is 1. The average Bonchev–Trinajstić information content (AvgIpc) is 2.49. The topological polar surface area (TPSA) is 78.4 Å². The minimum atomic E-state index is -0.981. The molecule has 21 heavy (non-hydrogen) atoms. The summed E-state index contributed by atoms with van der Waals surface area (Å²) in [5.74, 6) is -0.488. The number of nitrogens with one attached hydrogen (secondary N) is 2. The van der Waals surface area contributed by atoms with E-state index in [0.717, 1.165) is 25.8 Å². The number of carbonyl (C=O) groups is 2. The first-order chi connectivity index (χ1) is 10.0.